The molecule has 0 amide bonds. The van der Waals surface area contributed by atoms with Crippen LogP contribution in [0.4, 0.5) is 13.2 Å². The first-order valence-electron chi connectivity index (χ1n) is 5.48. The molecule has 0 heterocycles. The highest BCUT2D eigenvalue weighted by Gasteiger charge is 2.35. The number of hydrogen-bond donors (Lipinski definition) is 0. The van der Waals surface area contributed by atoms with Crippen LogP contribution < -0.4 is 4.74 Å². The minimum atomic E-state index is -4.65. The summed E-state index contributed by atoms with van der Waals surface area (Å²) in [5.41, 5.74) is -1.22. The van der Waals surface area contributed by atoms with Crippen LogP contribution >= 0.6 is 0 Å². The molecule has 6 heteroatoms. The van der Waals surface area contributed by atoms with Gasteiger partial charge in [0.1, 0.15) is 5.75 Å². The number of rotatable bonds is 4. The molecule has 3 nitrogen and oxygen atoms in total. The fourth-order valence-electron chi connectivity index (χ4n) is 1.42. The molecule has 0 bridgehead atoms. The lowest BCUT2D eigenvalue weighted by atomic mass is 10.0. The van der Waals surface area contributed by atoms with Gasteiger partial charge >= 0.3 is 12.1 Å². The van der Waals surface area contributed by atoms with Crippen molar-refractivity contribution in [3.05, 3.63) is 35.9 Å². The van der Waals surface area contributed by atoms with Crippen molar-refractivity contribution in [1.82, 2.24) is 0 Å². The summed E-state index contributed by atoms with van der Waals surface area (Å²) in [6.45, 7) is 1.53. The van der Waals surface area contributed by atoms with E-state index in [1.54, 1.807) is 0 Å². The maximum atomic E-state index is 12.9. The molecule has 1 aromatic rings. The van der Waals surface area contributed by atoms with E-state index in [1.165, 1.54) is 38.3 Å². The Balaban J connectivity index is 3.21. The number of halogens is 3. The van der Waals surface area contributed by atoms with Crippen molar-refractivity contribution >= 4 is 11.5 Å². The van der Waals surface area contributed by atoms with Crippen LogP contribution in [0.3, 0.4) is 0 Å². The first-order chi connectivity index (χ1) is 8.88. The Hall–Kier alpha value is -1.98. The zero-order valence-electron chi connectivity index (χ0n) is 10.5. The monoisotopic (exact) mass is 274 g/mol. The van der Waals surface area contributed by atoms with E-state index in [2.05, 4.69) is 4.74 Å². The van der Waals surface area contributed by atoms with Crippen LogP contribution in [-0.2, 0) is 9.53 Å². The Morgan fingerprint density at radius 2 is 2.05 bits per heavy atom. The quantitative estimate of drug-likeness (QED) is 0.624. The molecule has 0 radical (unpaired) electrons. The lowest BCUT2D eigenvalue weighted by Crippen LogP contribution is -2.13. The first kappa shape index (κ1) is 15.1. The van der Waals surface area contributed by atoms with Gasteiger partial charge in [-0.05, 0) is 24.6 Å². The minimum Gasteiger partial charge on any atom is -0.497 e. The van der Waals surface area contributed by atoms with Gasteiger partial charge in [0.25, 0.3) is 0 Å². The molecule has 0 unspecified atom stereocenters. The molecule has 0 saturated heterocycles. The molecule has 0 saturated carbocycles. The van der Waals surface area contributed by atoms with E-state index in [0.29, 0.717) is 6.08 Å². The Labute approximate surface area is 108 Å². The second-order valence-electron chi connectivity index (χ2n) is 3.54. The summed E-state index contributed by atoms with van der Waals surface area (Å²) in [6.07, 6.45) is -4.21. The van der Waals surface area contributed by atoms with E-state index in [-0.39, 0.29) is 17.9 Å². The normalized spacial score (nSPS) is 12.2. The van der Waals surface area contributed by atoms with E-state index >= 15 is 0 Å². The number of ether oxygens (including phenoxy) is 2. The van der Waals surface area contributed by atoms with Crippen molar-refractivity contribution in [2.45, 2.75) is 13.1 Å². The third-order valence-corrected chi connectivity index (χ3v) is 2.23. The van der Waals surface area contributed by atoms with Gasteiger partial charge in [-0.3, -0.25) is 0 Å². The van der Waals surface area contributed by atoms with Crippen LogP contribution in [-0.4, -0.2) is 25.9 Å². The number of hydrogen-bond acceptors (Lipinski definition) is 3. The molecule has 0 N–H and O–H groups in total. The molecule has 0 aromatic heterocycles. The van der Waals surface area contributed by atoms with Gasteiger partial charge in [0.15, 0.2) is 0 Å². The van der Waals surface area contributed by atoms with Crippen molar-refractivity contribution in [2.75, 3.05) is 13.7 Å². The first-order valence-corrected chi connectivity index (χ1v) is 5.48. The summed E-state index contributed by atoms with van der Waals surface area (Å²) in [5, 5.41) is 0. The molecule has 1 rings (SSSR count). The topological polar surface area (TPSA) is 35.5 Å². The lowest BCUT2D eigenvalue weighted by Gasteiger charge is -2.12. The van der Waals surface area contributed by atoms with Crippen LogP contribution in [0, 0.1) is 0 Å². The maximum Gasteiger partial charge on any atom is 0.417 e. The molecular formula is C13H13F3O3. The number of esters is 1. The second-order valence-corrected chi connectivity index (χ2v) is 3.54. The lowest BCUT2D eigenvalue weighted by molar-refractivity contribution is -0.137. The van der Waals surface area contributed by atoms with Gasteiger partial charge < -0.3 is 9.47 Å². The molecule has 0 atom stereocenters. The van der Waals surface area contributed by atoms with Crippen molar-refractivity contribution < 1.29 is 27.4 Å². The van der Waals surface area contributed by atoms with Crippen LogP contribution in [0.5, 0.6) is 5.75 Å². The molecule has 0 aliphatic heterocycles. The summed E-state index contributed by atoms with van der Waals surface area (Å²) >= 11 is 0. The fraction of sp³-hybridized carbons (Fsp3) is 0.308. The number of carbonyl (C=O) groups excluding carboxylic acids is 1. The third-order valence-electron chi connectivity index (χ3n) is 2.23. The fourth-order valence-corrected chi connectivity index (χ4v) is 1.42. The van der Waals surface area contributed by atoms with Crippen LogP contribution in [0.25, 0.3) is 5.57 Å². The Morgan fingerprint density at radius 3 is 2.58 bits per heavy atom. The SMILES string of the molecule is CCOC(=O)/C=C(\c1cccc(OC)c1)C(F)(F)F. The summed E-state index contributed by atoms with van der Waals surface area (Å²) in [6, 6.07) is 5.39. The Bertz CT molecular complexity index is 478. The van der Waals surface area contributed by atoms with Gasteiger partial charge in [-0.25, -0.2) is 4.79 Å². The van der Waals surface area contributed by atoms with Gasteiger partial charge in [0.05, 0.1) is 19.3 Å². The Morgan fingerprint density at radius 1 is 1.37 bits per heavy atom. The van der Waals surface area contributed by atoms with E-state index in [4.69, 9.17) is 4.74 Å². The average molecular weight is 274 g/mol. The van der Waals surface area contributed by atoms with E-state index in [0.717, 1.165) is 0 Å². The third kappa shape index (κ3) is 4.31. The van der Waals surface area contributed by atoms with Gasteiger partial charge in [0, 0.05) is 6.08 Å². The van der Waals surface area contributed by atoms with Crippen molar-refractivity contribution in [3.63, 3.8) is 0 Å². The van der Waals surface area contributed by atoms with Gasteiger partial charge in [-0.15, -0.1) is 0 Å². The second kappa shape index (κ2) is 6.26. The van der Waals surface area contributed by atoms with Crippen molar-refractivity contribution in [3.8, 4) is 5.75 Å². The summed E-state index contributed by atoms with van der Waals surface area (Å²) in [4.78, 5) is 11.2. The maximum absolute atomic E-state index is 12.9. The Kier molecular flexibility index (Phi) is 4.97. The highest BCUT2D eigenvalue weighted by atomic mass is 19.4. The minimum absolute atomic E-state index is 0.0125. The highest BCUT2D eigenvalue weighted by molar-refractivity contribution is 5.92. The van der Waals surface area contributed by atoms with Crippen molar-refractivity contribution in [2.24, 2.45) is 0 Å². The number of methoxy groups -OCH3 is 1. The zero-order chi connectivity index (χ0) is 14.5. The summed E-state index contributed by atoms with van der Waals surface area (Å²) in [7, 11) is 1.35. The summed E-state index contributed by atoms with van der Waals surface area (Å²) in [5.74, 6) is -0.755. The summed E-state index contributed by atoms with van der Waals surface area (Å²) < 4.78 is 48.1. The number of benzene rings is 1. The molecule has 0 spiro atoms. The number of carbonyl (C=O) groups is 1. The largest absolute Gasteiger partial charge is 0.497 e. The average Bonchev–Trinajstić information content (AvgIpc) is 2.35. The predicted octanol–water partition coefficient (Wildman–Crippen LogP) is 3.20. The molecule has 0 aliphatic rings. The van der Waals surface area contributed by atoms with Crippen LogP contribution in [0.1, 0.15) is 12.5 Å². The number of allylic oxidation sites excluding steroid dienone is 1. The smallest absolute Gasteiger partial charge is 0.417 e. The van der Waals surface area contributed by atoms with Gasteiger partial charge in [-0.1, -0.05) is 12.1 Å². The molecule has 1 aromatic carbocycles. The van der Waals surface area contributed by atoms with Gasteiger partial charge in [0.2, 0.25) is 0 Å². The molecule has 0 aliphatic carbocycles. The van der Waals surface area contributed by atoms with Gasteiger partial charge in [-0.2, -0.15) is 13.2 Å². The standard InChI is InChI=1S/C13H13F3O3/c1-3-19-12(17)8-11(13(14,15)16)9-5-4-6-10(7-9)18-2/h4-8H,3H2,1-2H3/b11-8+. The molecule has 104 valence electrons. The molecule has 0 fully saturated rings. The molecular weight excluding hydrogens is 261 g/mol. The van der Waals surface area contributed by atoms with E-state index in [1.807, 2.05) is 0 Å². The van der Waals surface area contributed by atoms with E-state index in [9.17, 15) is 18.0 Å². The predicted molar refractivity (Wildman–Crippen MR) is 63.7 cm³/mol. The van der Waals surface area contributed by atoms with E-state index < -0.39 is 17.7 Å². The zero-order valence-corrected chi connectivity index (χ0v) is 10.5. The molecule has 19 heavy (non-hydrogen) atoms. The van der Waals surface area contributed by atoms with Crippen LogP contribution in [0.15, 0.2) is 30.3 Å². The number of alkyl halides is 3. The van der Waals surface area contributed by atoms with Crippen LogP contribution in [0.2, 0.25) is 0 Å². The highest BCUT2D eigenvalue weighted by Crippen LogP contribution is 2.35. The van der Waals surface area contributed by atoms with Crippen molar-refractivity contribution in [1.29, 1.82) is 0 Å².